The molecule has 0 aliphatic heterocycles. The molecule has 18 heavy (non-hydrogen) atoms. The predicted octanol–water partition coefficient (Wildman–Crippen LogP) is 0.00974. The highest BCUT2D eigenvalue weighted by atomic mass is 16.5. The highest BCUT2D eigenvalue weighted by Gasteiger charge is 2.37. The van der Waals surface area contributed by atoms with E-state index in [9.17, 15) is 19.8 Å². The first kappa shape index (κ1) is 13.4. The molecule has 0 spiro atoms. The van der Waals surface area contributed by atoms with Crippen LogP contribution in [0.15, 0.2) is 22.7 Å². The van der Waals surface area contributed by atoms with Gasteiger partial charge in [-0.2, -0.15) is 0 Å². The molecule has 0 saturated heterocycles. The van der Waals surface area contributed by atoms with Gasteiger partial charge >= 0.3 is 11.9 Å². The molecule has 8 heteroatoms. The largest absolute Gasteiger partial charge is 0.505 e. The summed E-state index contributed by atoms with van der Waals surface area (Å²) >= 11 is 0. The van der Waals surface area contributed by atoms with Crippen molar-refractivity contribution < 1.29 is 29.3 Å². The normalized spacial score (nSPS) is 15.9. The predicted molar refractivity (Wildman–Crippen MR) is 58.8 cm³/mol. The number of hydrogen-bond acceptors (Lipinski definition) is 8. The van der Waals surface area contributed by atoms with Gasteiger partial charge in [-0.1, -0.05) is 0 Å². The molecule has 0 saturated carbocycles. The Bertz CT molecular complexity index is 480. The quantitative estimate of drug-likeness (QED) is 0.404. The van der Waals surface area contributed by atoms with Gasteiger partial charge in [0.25, 0.3) is 0 Å². The first-order valence-electron chi connectivity index (χ1n) is 4.58. The number of aliphatic hydroxyl groups excluding tert-OH is 2. The average Bonchev–Trinajstić information content (AvgIpc) is 2.36. The molecular weight excluding hydrogens is 244 g/mol. The third-order valence-corrected chi connectivity index (χ3v) is 2.23. The van der Waals surface area contributed by atoms with Gasteiger partial charge in [-0.3, -0.25) is 10.8 Å². The van der Waals surface area contributed by atoms with E-state index in [1.165, 1.54) is 0 Å². The van der Waals surface area contributed by atoms with Gasteiger partial charge in [0.05, 0.1) is 14.2 Å². The number of rotatable bonds is 2. The molecule has 1 rings (SSSR count). The number of allylic oxidation sites excluding steroid dienone is 2. The number of carbonyl (C=O) groups is 2. The summed E-state index contributed by atoms with van der Waals surface area (Å²) in [5.41, 5.74) is -2.99. The standard InChI is InChI=1S/C10H10N2O6/c1-17-9(15)3-5(11)8(14)4(10(16)18-2)6(12)7(3)13/h11-14H,1-2H3. The molecule has 96 valence electrons. The molecule has 0 aromatic carbocycles. The lowest BCUT2D eigenvalue weighted by Crippen LogP contribution is -2.31. The van der Waals surface area contributed by atoms with Crippen LogP contribution in [0.1, 0.15) is 0 Å². The van der Waals surface area contributed by atoms with Crippen LogP contribution in [-0.2, 0) is 19.1 Å². The van der Waals surface area contributed by atoms with E-state index in [1.807, 2.05) is 0 Å². The number of esters is 2. The molecule has 0 radical (unpaired) electrons. The SMILES string of the molecule is COC(=O)C1=C(O)C(=N)C(C(=O)OC)=C(O)C1=N. The summed E-state index contributed by atoms with van der Waals surface area (Å²) in [5, 5.41) is 34.2. The van der Waals surface area contributed by atoms with Crippen molar-refractivity contribution in [2.24, 2.45) is 0 Å². The van der Waals surface area contributed by atoms with Crippen LogP contribution in [0, 0.1) is 10.8 Å². The van der Waals surface area contributed by atoms with Crippen LogP contribution >= 0.6 is 0 Å². The van der Waals surface area contributed by atoms with Crippen LogP contribution in [0.5, 0.6) is 0 Å². The van der Waals surface area contributed by atoms with Gasteiger partial charge < -0.3 is 19.7 Å². The Morgan fingerprint density at radius 2 is 1.17 bits per heavy atom. The maximum Gasteiger partial charge on any atom is 0.344 e. The lowest BCUT2D eigenvalue weighted by atomic mass is 9.92. The van der Waals surface area contributed by atoms with E-state index in [4.69, 9.17) is 10.8 Å². The van der Waals surface area contributed by atoms with Crippen molar-refractivity contribution >= 4 is 23.4 Å². The van der Waals surface area contributed by atoms with Gasteiger partial charge in [-0.25, -0.2) is 9.59 Å². The smallest absolute Gasteiger partial charge is 0.344 e. The molecule has 8 nitrogen and oxygen atoms in total. The molecule has 0 atom stereocenters. The number of aliphatic hydroxyl groups is 2. The highest BCUT2D eigenvalue weighted by molar-refractivity contribution is 6.39. The molecule has 4 N–H and O–H groups in total. The van der Waals surface area contributed by atoms with Crippen molar-refractivity contribution in [1.82, 2.24) is 0 Å². The van der Waals surface area contributed by atoms with E-state index in [2.05, 4.69) is 9.47 Å². The van der Waals surface area contributed by atoms with Crippen LogP contribution in [0.4, 0.5) is 0 Å². The Hall–Kier alpha value is -2.64. The third-order valence-electron chi connectivity index (χ3n) is 2.23. The van der Waals surface area contributed by atoms with Gasteiger partial charge in [-0.05, 0) is 0 Å². The summed E-state index contributed by atoms with van der Waals surface area (Å²) in [6.45, 7) is 0. The summed E-state index contributed by atoms with van der Waals surface area (Å²) in [7, 11) is 2.02. The zero-order valence-electron chi connectivity index (χ0n) is 9.53. The van der Waals surface area contributed by atoms with Gasteiger partial charge in [-0.15, -0.1) is 0 Å². The molecule has 0 bridgehead atoms. The molecule has 0 aromatic rings. The van der Waals surface area contributed by atoms with E-state index < -0.39 is 46.0 Å². The minimum atomic E-state index is -1.10. The summed E-state index contributed by atoms with van der Waals surface area (Å²) in [5.74, 6) is -4.05. The second-order valence-corrected chi connectivity index (χ2v) is 3.18. The van der Waals surface area contributed by atoms with Crippen molar-refractivity contribution in [2.45, 2.75) is 0 Å². The second-order valence-electron chi connectivity index (χ2n) is 3.18. The number of carbonyl (C=O) groups excluding carboxylic acids is 2. The van der Waals surface area contributed by atoms with Gasteiger partial charge in [0.2, 0.25) is 0 Å². The number of hydrogen-bond donors (Lipinski definition) is 4. The lowest BCUT2D eigenvalue weighted by Gasteiger charge is -2.18. The molecule has 0 aromatic heterocycles. The Morgan fingerprint density at radius 1 is 0.889 bits per heavy atom. The van der Waals surface area contributed by atoms with E-state index in [0.29, 0.717) is 0 Å². The van der Waals surface area contributed by atoms with Gasteiger partial charge in [0, 0.05) is 0 Å². The summed E-state index contributed by atoms with van der Waals surface area (Å²) in [4.78, 5) is 22.6. The van der Waals surface area contributed by atoms with Crippen molar-refractivity contribution in [3.63, 3.8) is 0 Å². The maximum atomic E-state index is 11.3. The van der Waals surface area contributed by atoms with Crippen molar-refractivity contribution in [3.05, 3.63) is 22.7 Å². The Balaban J connectivity index is 3.41. The van der Waals surface area contributed by atoms with Gasteiger partial charge in [0.1, 0.15) is 22.6 Å². The van der Waals surface area contributed by atoms with Crippen LogP contribution in [-0.4, -0.2) is 47.8 Å². The Labute approximate surface area is 101 Å². The van der Waals surface area contributed by atoms with Crippen molar-refractivity contribution in [3.8, 4) is 0 Å². The van der Waals surface area contributed by atoms with Crippen LogP contribution in [0.25, 0.3) is 0 Å². The van der Waals surface area contributed by atoms with E-state index in [-0.39, 0.29) is 0 Å². The molecule has 0 unspecified atom stereocenters. The molecular formula is C10H10N2O6. The fourth-order valence-electron chi connectivity index (χ4n) is 1.33. The topological polar surface area (TPSA) is 141 Å². The van der Waals surface area contributed by atoms with Crippen LogP contribution < -0.4 is 0 Å². The van der Waals surface area contributed by atoms with E-state index >= 15 is 0 Å². The van der Waals surface area contributed by atoms with Crippen molar-refractivity contribution in [2.75, 3.05) is 14.2 Å². The first-order valence-corrected chi connectivity index (χ1v) is 4.58. The van der Waals surface area contributed by atoms with Gasteiger partial charge in [0.15, 0.2) is 11.5 Å². The maximum absolute atomic E-state index is 11.3. The lowest BCUT2D eigenvalue weighted by molar-refractivity contribution is -0.136. The number of methoxy groups -OCH3 is 2. The molecule has 0 fully saturated rings. The summed E-state index contributed by atoms with van der Waals surface area (Å²) < 4.78 is 8.61. The zero-order chi connectivity index (χ0) is 14.0. The minimum absolute atomic E-state index is 0.687. The third kappa shape index (κ3) is 1.83. The molecule has 0 heterocycles. The summed E-state index contributed by atoms with van der Waals surface area (Å²) in [6, 6.07) is 0. The number of ether oxygens (including phenoxy) is 2. The Morgan fingerprint density at radius 3 is 1.39 bits per heavy atom. The minimum Gasteiger partial charge on any atom is -0.505 e. The van der Waals surface area contributed by atoms with E-state index in [0.717, 1.165) is 14.2 Å². The molecule has 0 amide bonds. The zero-order valence-corrected chi connectivity index (χ0v) is 9.53. The van der Waals surface area contributed by atoms with Crippen molar-refractivity contribution in [1.29, 1.82) is 10.8 Å². The molecule has 1 aliphatic carbocycles. The monoisotopic (exact) mass is 254 g/mol. The summed E-state index contributed by atoms with van der Waals surface area (Å²) in [6.07, 6.45) is 0. The van der Waals surface area contributed by atoms with E-state index in [1.54, 1.807) is 0 Å². The first-order chi connectivity index (χ1) is 8.36. The average molecular weight is 254 g/mol. The second kappa shape index (κ2) is 4.70. The fourth-order valence-corrected chi connectivity index (χ4v) is 1.33. The number of nitrogens with one attached hydrogen (secondary N) is 2. The molecule has 1 aliphatic rings. The highest BCUT2D eigenvalue weighted by Crippen LogP contribution is 2.24. The van der Waals surface area contributed by atoms with Crippen LogP contribution in [0.3, 0.4) is 0 Å². The fraction of sp³-hybridized carbons (Fsp3) is 0.200. The van der Waals surface area contributed by atoms with Crippen LogP contribution in [0.2, 0.25) is 0 Å². The Kier molecular flexibility index (Phi) is 3.50.